The van der Waals surface area contributed by atoms with Gasteiger partial charge >= 0.3 is 0 Å². The summed E-state index contributed by atoms with van der Waals surface area (Å²) >= 11 is 0. The second-order valence-corrected chi connectivity index (χ2v) is 4.12. The summed E-state index contributed by atoms with van der Waals surface area (Å²) in [6.45, 7) is 1.51. The number of rotatable bonds is 2. The van der Waals surface area contributed by atoms with Crippen molar-refractivity contribution in [2.75, 3.05) is 5.43 Å². The predicted molar refractivity (Wildman–Crippen MR) is 65.2 cm³/mol. The molecule has 0 spiro atoms. The van der Waals surface area contributed by atoms with Crippen molar-refractivity contribution in [3.8, 4) is 5.75 Å². The predicted octanol–water partition coefficient (Wildman–Crippen LogP) is 2.13. The van der Waals surface area contributed by atoms with E-state index >= 15 is 0 Å². The zero-order chi connectivity index (χ0) is 11.7. The lowest BCUT2D eigenvalue weighted by Crippen LogP contribution is -2.23. The number of benzene rings is 1. The standard InChI is InChI=1S/C13H13N3O/c17-13-3-1-2-10-8-16(9-12(10)13)15-11-4-6-14-7-5-11/h1-7,17H,8-9H2,(H,14,15). The maximum absolute atomic E-state index is 9.75. The number of hydrogen-bond acceptors (Lipinski definition) is 4. The third kappa shape index (κ3) is 1.94. The molecule has 86 valence electrons. The molecule has 0 fully saturated rings. The van der Waals surface area contributed by atoms with E-state index in [9.17, 15) is 5.11 Å². The lowest BCUT2D eigenvalue weighted by molar-refractivity contribution is 0.343. The van der Waals surface area contributed by atoms with Crippen LogP contribution in [-0.2, 0) is 13.1 Å². The van der Waals surface area contributed by atoms with Crippen molar-refractivity contribution < 1.29 is 5.11 Å². The van der Waals surface area contributed by atoms with Gasteiger partial charge in [-0.05, 0) is 23.8 Å². The molecule has 1 aliphatic heterocycles. The molecule has 2 N–H and O–H groups in total. The second-order valence-electron chi connectivity index (χ2n) is 4.12. The van der Waals surface area contributed by atoms with Gasteiger partial charge in [0, 0.05) is 31.0 Å². The molecule has 2 aromatic rings. The number of fused-ring (bicyclic) bond motifs is 1. The average molecular weight is 227 g/mol. The largest absolute Gasteiger partial charge is 0.508 e. The van der Waals surface area contributed by atoms with Crippen molar-refractivity contribution >= 4 is 5.69 Å². The average Bonchev–Trinajstić information content (AvgIpc) is 2.74. The van der Waals surface area contributed by atoms with Gasteiger partial charge in [-0.25, -0.2) is 5.01 Å². The number of pyridine rings is 1. The zero-order valence-corrected chi connectivity index (χ0v) is 9.30. The molecule has 2 heterocycles. The van der Waals surface area contributed by atoms with E-state index < -0.39 is 0 Å². The minimum absolute atomic E-state index is 0.376. The molecule has 17 heavy (non-hydrogen) atoms. The van der Waals surface area contributed by atoms with Crippen molar-refractivity contribution in [2.24, 2.45) is 0 Å². The van der Waals surface area contributed by atoms with Gasteiger partial charge in [0.05, 0.1) is 5.69 Å². The molecule has 0 bridgehead atoms. The number of aromatic hydroxyl groups is 1. The van der Waals surface area contributed by atoms with Crippen LogP contribution in [-0.4, -0.2) is 15.1 Å². The topological polar surface area (TPSA) is 48.4 Å². The quantitative estimate of drug-likeness (QED) is 0.825. The van der Waals surface area contributed by atoms with Gasteiger partial charge < -0.3 is 10.5 Å². The minimum Gasteiger partial charge on any atom is -0.508 e. The number of phenolic OH excluding ortho intramolecular Hbond substituents is 1. The highest BCUT2D eigenvalue weighted by atomic mass is 16.3. The summed E-state index contributed by atoms with van der Waals surface area (Å²) in [6, 6.07) is 9.49. The highest BCUT2D eigenvalue weighted by Gasteiger charge is 2.21. The van der Waals surface area contributed by atoms with Crippen LogP contribution in [0.2, 0.25) is 0 Å². The number of phenols is 1. The summed E-state index contributed by atoms with van der Waals surface area (Å²) in [6.07, 6.45) is 3.51. The third-order valence-electron chi connectivity index (χ3n) is 2.93. The van der Waals surface area contributed by atoms with Crippen LogP contribution in [0.25, 0.3) is 0 Å². The summed E-state index contributed by atoms with van der Waals surface area (Å²) in [7, 11) is 0. The number of anilines is 1. The van der Waals surface area contributed by atoms with E-state index in [2.05, 4.69) is 15.4 Å². The third-order valence-corrected chi connectivity index (χ3v) is 2.93. The number of hydrogen-bond donors (Lipinski definition) is 2. The summed E-state index contributed by atoms with van der Waals surface area (Å²) in [4.78, 5) is 3.98. The van der Waals surface area contributed by atoms with E-state index in [1.54, 1.807) is 18.5 Å². The first-order chi connectivity index (χ1) is 8.33. The van der Waals surface area contributed by atoms with Crippen molar-refractivity contribution in [3.05, 3.63) is 53.9 Å². The fraction of sp³-hybridized carbons (Fsp3) is 0.154. The minimum atomic E-state index is 0.376. The van der Waals surface area contributed by atoms with E-state index in [1.807, 2.05) is 24.3 Å². The molecular formula is C13H13N3O. The molecule has 3 rings (SSSR count). The van der Waals surface area contributed by atoms with Gasteiger partial charge in [-0.3, -0.25) is 4.98 Å². The smallest absolute Gasteiger partial charge is 0.120 e. The van der Waals surface area contributed by atoms with E-state index in [-0.39, 0.29) is 0 Å². The Balaban J connectivity index is 1.77. The van der Waals surface area contributed by atoms with Gasteiger partial charge in [-0.2, -0.15) is 0 Å². The number of nitrogens with zero attached hydrogens (tertiary/aromatic N) is 2. The van der Waals surface area contributed by atoms with Gasteiger partial charge in [0.2, 0.25) is 0 Å². The fourth-order valence-corrected chi connectivity index (χ4v) is 2.09. The highest BCUT2D eigenvalue weighted by Crippen LogP contribution is 2.29. The molecule has 0 unspecified atom stereocenters. The number of hydrazine groups is 1. The molecule has 1 aliphatic rings. The van der Waals surface area contributed by atoms with Crippen LogP contribution in [0.15, 0.2) is 42.7 Å². The monoisotopic (exact) mass is 227 g/mol. The fourth-order valence-electron chi connectivity index (χ4n) is 2.09. The van der Waals surface area contributed by atoms with Crippen LogP contribution >= 0.6 is 0 Å². The van der Waals surface area contributed by atoms with Gasteiger partial charge in [0.25, 0.3) is 0 Å². The maximum atomic E-state index is 9.75. The Morgan fingerprint density at radius 3 is 2.71 bits per heavy atom. The molecule has 1 aromatic heterocycles. The Bertz CT molecular complexity index is 527. The number of aromatic nitrogens is 1. The molecule has 0 atom stereocenters. The molecule has 0 aliphatic carbocycles. The van der Waals surface area contributed by atoms with E-state index in [0.717, 1.165) is 17.8 Å². The van der Waals surface area contributed by atoms with Gasteiger partial charge in [-0.15, -0.1) is 0 Å². The van der Waals surface area contributed by atoms with Crippen molar-refractivity contribution in [1.82, 2.24) is 9.99 Å². The Morgan fingerprint density at radius 2 is 1.94 bits per heavy atom. The van der Waals surface area contributed by atoms with Gasteiger partial charge in [0.15, 0.2) is 0 Å². The first-order valence-corrected chi connectivity index (χ1v) is 5.54. The van der Waals surface area contributed by atoms with Crippen LogP contribution in [0, 0.1) is 0 Å². The Kier molecular flexibility index (Phi) is 2.42. The number of nitrogens with one attached hydrogen (secondary N) is 1. The first-order valence-electron chi connectivity index (χ1n) is 5.54. The SMILES string of the molecule is Oc1cccc2c1CN(Nc1ccncc1)C2. The molecule has 0 saturated carbocycles. The van der Waals surface area contributed by atoms with Crippen LogP contribution in [0.4, 0.5) is 5.69 Å². The lowest BCUT2D eigenvalue weighted by atomic mass is 10.1. The summed E-state index contributed by atoms with van der Waals surface area (Å²) < 4.78 is 0. The Hall–Kier alpha value is -2.07. The van der Waals surface area contributed by atoms with Gasteiger partial charge in [-0.1, -0.05) is 12.1 Å². The van der Waals surface area contributed by atoms with Crippen molar-refractivity contribution in [2.45, 2.75) is 13.1 Å². The van der Waals surface area contributed by atoms with Crippen LogP contribution in [0.5, 0.6) is 5.75 Å². The Morgan fingerprint density at radius 1 is 1.12 bits per heavy atom. The molecule has 4 nitrogen and oxygen atoms in total. The van der Waals surface area contributed by atoms with Crippen LogP contribution in [0.3, 0.4) is 0 Å². The molecule has 0 radical (unpaired) electrons. The van der Waals surface area contributed by atoms with E-state index in [4.69, 9.17) is 0 Å². The normalized spacial score (nSPS) is 14.6. The van der Waals surface area contributed by atoms with Gasteiger partial charge in [0.1, 0.15) is 5.75 Å². The van der Waals surface area contributed by atoms with Crippen molar-refractivity contribution in [3.63, 3.8) is 0 Å². The second kappa shape index (κ2) is 4.07. The molecule has 0 saturated heterocycles. The molecule has 4 heteroatoms. The lowest BCUT2D eigenvalue weighted by Gasteiger charge is -2.17. The highest BCUT2D eigenvalue weighted by molar-refractivity contribution is 5.44. The maximum Gasteiger partial charge on any atom is 0.120 e. The Labute approximate surface area is 99.5 Å². The molecule has 1 aromatic carbocycles. The van der Waals surface area contributed by atoms with Crippen molar-refractivity contribution in [1.29, 1.82) is 0 Å². The summed E-state index contributed by atoms with van der Waals surface area (Å²) in [5.41, 5.74) is 6.49. The van der Waals surface area contributed by atoms with Crippen LogP contribution < -0.4 is 5.43 Å². The zero-order valence-electron chi connectivity index (χ0n) is 9.30. The first kappa shape index (κ1) is 10.1. The summed E-state index contributed by atoms with van der Waals surface area (Å²) in [5.74, 6) is 0.376. The van der Waals surface area contributed by atoms with E-state index in [1.165, 1.54) is 5.56 Å². The van der Waals surface area contributed by atoms with Crippen LogP contribution in [0.1, 0.15) is 11.1 Å². The van der Waals surface area contributed by atoms with E-state index in [0.29, 0.717) is 12.3 Å². The molecular weight excluding hydrogens is 214 g/mol. The molecule has 0 amide bonds. The summed E-state index contributed by atoms with van der Waals surface area (Å²) in [5, 5.41) is 11.8.